The lowest BCUT2D eigenvalue weighted by molar-refractivity contribution is 0.582. The highest BCUT2D eigenvalue weighted by molar-refractivity contribution is 7.89. The van der Waals surface area contributed by atoms with Crippen molar-refractivity contribution in [3.63, 3.8) is 0 Å². The lowest BCUT2D eigenvalue weighted by atomic mass is 10.1. The van der Waals surface area contributed by atoms with Crippen LogP contribution in [0.3, 0.4) is 0 Å². The Bertz CT molecular complexity index is 727. The van der Waals surface area contributed by atoms with Crippen molar-refractivity contribution in [3.8, 4) is 0 Å². The van der Waals surface area contributed by atoms with E-state index in [1.54, 1.807) is 12.1 Å². The third-order valence-corrected chi connectivity index (χ3v) is 5.62. The molecule has 0 aliphatic carbocycles. The summed E-state index contributed by atoms with van der Waals surface area (Å²) in [5.74, 6) is 0. The number of nitrogens with one attached hydrogen (secondary N) is 1. The Hall–Kier alpha value is -0.780. The van der Waals surface area contributed by atoms with E-state index in [-0.39, 0.29) is 21.5 Å². The van der Waals surface area contributed by atoms with Gasteiger partial charge in [-0.3, -0.25) is 0 Å². The van der Waals surface area contributed by atoms with Crippen molar-refractivity contribution in [1.29, 1.82) is 0 Å². The largest absolute Gasteiger partial charge is 0.243 e. The maximum absolute atomic E-state index is 12.2. The molecule has 0 aliphatic rings. The third-order valence-electron chi connectivity index (χ3n) is 2.83. The van der Waals surface area contributed by atoms with Gasteiger partial charge in [-0.15, -0.1) is 0 Å². The second-order valence-corrected chi connectivity index (χ2v) is 7.22. The Morgan fingerprint density at radius 3 is 2.05 bits per heavy atom. The first-order valence-corrected chi connectivity index (χ1v) is 8.70. The highest BCUT2D eigenvalue weighted by atomic mass is 35.5. The Morgan fingerprint density at radius 2 is 1.43 bits per heavy atom. The van der Waals surface area contributed by atoms with E-state index in [1.807, 2.05) is 18.2 Å². The van der Waals surface area contributed by atoms with E-state index >= 15 is 0 Å². The highest BCUT2D eigenvalue weighted by Crippen LogP contribution is 2.28. The molecule has 0 radical (unpaired) electrons. The van der Waals surface area contributed by atoms with E-state index in [0.29, 0.717) is 11.4 Å². The summed E-state index contributed by atoms with van der Waals surface area (Å²) < 4.78 is 26.9. The molecular weight excluding hydrogens is 353 g/mol. The molecule has 1 N–H and O–H groups in total. The van der Waals surface area contributed by atoms with Crippen LogP contribution in [0.5, 0.6) is 0 Å². The summed E-state index contributed by atoms with van der Waals surface area (Å²) in [6, 6.07) is 11.8. The normalized spacial score (nSPS) is 11.6. The number of hydrogen-bond donors (Lipinski definition) is 1. The van der Waals surface area contributed by atoms with Crippen LogP contribution in [0.15, 0.2) is 47.4 Å². The van der Waals surface area contributed by atoms with E-state index < -0.39 is 10.0 Å². The van der Waals surface area contributed by atoms with Gasteiger partial charge in [0.2, 0.25) is 10.0 Å². The van der Waals surface area contributed by atoms with Gasteiger partial charge in [0, 0.05) is 11.6 Å². The average Bonchev–Trinajstić information content (AvgIpc) is 2.40. The Balaban J connectivity index is 2.11. The number of rotatable bonds is 5. The quantitative estimate of drug-likeness (QED) is 0.865. The van der Waals surface area contributed by atoms with Crippen molar-refractivity contribution in [2.45, 2.75) is 11.3 Å². The lowest BCUT2D eigenvalue weighted by Gasteiger charge is -2.10. The second kappa shape index (κ2) is 6.99. The lowest BCUT2D eigenvalue weighted by Crippen LogP contribution is -2.26. The number of sulfonamides is 1. The molecule has 0 amide bonds. The molecule has 112 valence electrons. The smallest absolute Gasteiger partial charge is 0.211 e. The van der Waals surface area contributed by atoms with Crippen molar-refractivity contribution in [2.75, 3.05) is 6.54 Å². The van der Waals surface area contributed by atoms with Crippen molar-refractivity contribution < 1.29 is 8.42 Å². The van der Waals surface area contributed by atoms with E-state index in [0.717, 1.165) is 5.56 Å². The van der Waals surface area contributed by atoms with Crippen LogP contribution in [-0.2, 0) is 16.4 Å². The molecule has 0 atom stereocenters. The van der Waals surface area contributed by atoms with E-state index in [4.69, 9.17) is 34.8 Å². The summed E-state index contributed by atoms with van der Waals surface area (Å²) in [7, 11) is -3.76. The second-order valence-electron chi connectivity index (χ2n) is 4.29. The summed E-state index contributed by atoms with van der Waals surface area (Å²) in [6.07, 6.45) is 0.473. The summed E-state index contributed by atoms with van der Waals surface area (Å²) in [4.78, 5) is -0.104. The molecule has 7 heteroatoms. The van der Waals surface area contributed by atoms with Gasteiger partial charge in [-0.05, 0) is 30.2 Å². The van der Waals surface area contributed by atoms with Crippen molar-refractivity contribution >= 4 is 44.8 Å². The molecule has 0 saturated carbocycles. The van der Waals surface area contributed by atoms with E-state index in [1.165, 1.54) is 12.1 Å². The molecule has 0 spiro atoms. The molecule has 0 heterocycles. The molecule has 2 aromatic rings. The van der Waals surface area contributed by atoms with Crippen molar-refractivity contribution in [1.82, 2.24) is 4.72 Å². The van der Waals surface area contributed by atoms with Gasteiger partial charge in [0.25, 0.3) is 0 Å². The summed E-state index contributed by atoms with van der Waals surface area (Å²) in [6.45, 7) is 0.202. The standard InChI is InChI=1S/C14H12Cl3NO2S/c15-11-5-2-1-4-10(11)8-9-18-21(19,20)14-12(16)6-3-7-13(14)17/h1-7,18H,8-9H2. The van der Waals surface area contributed by atoms with E-state index in [9.17, 15) is 8.42 Å². The molecule has 0 aromatic heterocycles. The molecule has 0 bridgehead atoms. The summed E-state index contributed by atoms with van der Waals surface area (Å²) in [5, 5.41) is 0.785. The highest BCUT2D eigenvalue weighted by Gasteiger charge is 2.20. The van der Waals surface area contributed by atoms with Crippen molar-refractivity contribution in [3.05, 3.63) is 63.1 Å². The van der Waals surface area contributed by atoms with Crippen LogP contribution in [0.25, 0.3) is 0 Å². The van der Waals surface area contributed by atoms with Gasteiger partial charge >= 0.3 is 0 Å². The van der Waals surface area contributed by atoms with Gasteiger partial charge in [-0.25, -0.2) is 13.1 Å². The van der Waals surface area contributed by atoms with Gasteiger partial charge in [0.1, 0.15) is 4.90 Å². The molecule has 0 aliphatic heterocycles. The zero-order chi connectivity index (χ0) is 15.5. The monoisotopic (exact) mass is 363 g/mol. The van der Waals surface area contributed by atoms with Gasteiger partial charge in [0.05, 0.1) is 10.0 Å². The minimum atomic E-state index is -3.76. The zero-order valence-corrected chi connectivity index (χ0v) is 13.9. The fourth-order valence-corrected chi connectivity index (χ4v) is 4.23. The van der Waals surface area contributed by atoms with Crippen LogP contribution in [0, 0.1) is 0 Å². The van der Waals surface area contributed by atoms with Crippen LogP contribution in [0.1, 0.15) is 5.56 Å². The predicted octanol–water partition coefficient (Wildman–Crippen LogP) is 4.17. The van der Waals surface area contributed by atoms with Crippen LogP contribution in [0.2, 0.25) is 15.1 Å². The van der Waals surface area contributed by atoms with Crippen LogP contribution in [0.4, 0.5) is 0 Å². The first-order chi connectivity index (χ1) is 9.92. The number of benzene rings is 2. The molecule has 2 aromatic carbocycles. The Labute approximate surface area is 138 Å². The maximum Gasteiger partial charge on any atom is 0.243 e. The Kier molecular flexibility index (Phi) is 5.52. The SMILES string of the molecule is O=S(=O)(NCCc1ccccc1Cl)c1c(Cl)cccc1Cl. The number of halogens is 3. The zero-order valence-electron chi connectivity index (χ0n) is 10.8. The molecule has 0 unspecified atom stereocenters. The predicted molar refractivity (Wildman–Crippen MR) is 86.8 cm³/mol. The minimum Gasteiger partial charge on any atom is -0.211 e. The van der Waals surface area contributed by atoms with Crippen molar-refractivity contribution in [2.24, 2.45) is 0 Å². The molecule has 2 rings (SSSR count). The van der Waals surface area contributed by atoms with Gasteiger partial charge in [-0.1, -0.05) is 59.1 Å². The van der Waals surface area contributed by atoms with Gasteiger partial charge in [-0.2, -0.15) is 0 Å². The molecular formula is C14H12Cl3NO2S. The molecule has 0 fully saturated rings. The Morgan fingerprint density at radius 1 is 0.857 bits per heavy atom. The third kappa shape index (κ3) is 4.11. The summed E-state index contributed by atoms with van der Waals surface area (Å²) >= 11 is 17.8. The van der Waals surface area contributed by atoms with Crippen LogP contribution < -0.4 is 4.72 Å². The van der Waals surface area contributed by atoms with Gasteiger partial charge < -0.3 is 0 Å². The number of hydrogen-bond acceptors (Lipinski definition) is 2. The molecule has 0 saturated heterocycles. The minimum absolute atomic E-state index is 0.0905. The first kappa shape index (κ1) is 16.6. The first-order valence-electron chi connectivity index (χ1n) is 6.09. The summed E-state index contributed by atoms with van der Waals surface area (Å²) in [5.41, 5.74) is 0.868. The van der Waals surface area contributed by atoms with Crippen LogP contribution in [-0.4, -0.2) is 15.0 Å². The maximum atomic E-state index is 12.2. The molecule has 3 nitrogen and oxygen atoms in total. The fraction of sp³-hybridized carbons (Fsp3) is 0.143. The average molecular weight is 365 g/mol. The topological polar surface area (TPSA) is 46.2 Å². The van der Waals surface area contributed by atoms with Crippen LogP contribution >= 0.6 is 34.8 Å². The van der Waals surface area contributed by atoms with E-state index in [2.05, 4.69) is 4.72 Å². The fourth-order valence-electron chi connectivity index (χ4n) is 1.83. The van der Waals surface area contributed by atoms with Gasteiger partial charge in [0.15, 0.2) is 0 Å². The molecule has 21 heavy (non-hydrogen) atoms.